The zero-order chi connectivity index (χ0) is 15.0. The average molecular weight is 275 g/mol. The first-order valence-corrected chi connectivity index (χ1v) is 6.26. The number of rotatable bonds is 6. The van der Waals surface area contributed by atoms with Gasteiger partial charge in [-0.3, -0.25) is 9.59 Å². The first-order valence-electron chi connectivity index (χ1n) is 6.26. The minimum atomic E-state index is -0.605. The molecule has 1 aromatic carbocycles. The molecule has 2 N–H and O–H groups in total. The van der Waals surface area contributed by atoms with Gasteiger partial charge in [-0.05, 0) is 38.1 Å². The van der Waals surface area contributed by atoms with E-state index in [-0.39, 0.29) is 18.4 Å². The fraction of sp³-hybridized carbons (Fsp3) is 0.357. The number of likely N-dealkylation sites (N-methyl/N-ethyl adjacent to an activating group) is 1. The van der Waals surface area contributed by atoms with E-state index in [9.17, 15) is 9.59 Å². The standard InChI is InChI=1S/C14H17N3O3/c1-3-16-14(19)10(2)17-13(18)9-20-12-6-4-11(8-15)5-7-12/h4-7,10H,3,9H2,1-2H3,(H,16,19)(H,17,18). The van der Waals surface area contributed by atoms with Crippen molar-refractivity contribution >= 4 is 11.8 Å². The third-order valence-electron chi connectivity index (χ3n) is 2.48. The van der Waals surface area contributed by atoms with Crippen LogP contribution in [-0.4, -0.2) is 31.0 Å². The van der Waals surface area contributed by atoms with Crippen molar-refractivity contribution in [3.63, 3.8) is 0 Å². The molecule has 0 bridgehead atoms. The second-order valence-corrected chi connectivity index (χ2v) is 4.11. The van der Waals surface area contributed by atoms with Gasteiger partial charge in [-0.15, -0.1) is 0 Å². The highest BCUT2D eigenvalue weighted by atomic mass is 16.5. The maximum Gasteiger partial charge on any atom is 0.258 e. The Morgan fingerprint density at radius 3 is 2.55 bits per heavy atom. The number of carbonyl (C=O) groups is 2. The quantitative estimate of drug-likeness (QED) is 0.794. The Bertz CT molecular complexity index is 505. The van der Waals surface area contributed by atoms with Crippen LogP contribution in [0.1, 0.15) is 19.4 Å². The molecule has 6 nitrogen and oxygen atoms in total. The van der Waals surface area contributed by atoms with E-state index in [1.807, 2.05) is 6.07 Å². The molecule has 0 aliphatic heterocycles. The lowest BCUT2D eigenvalue weighted by atomic mass is 10.2. The predicted molar refractivity (Wildman–Crippen MR) is 72.9 cm³/mol. The van der Waals surface area contributed by atoms with Crippen LogP contribution in [0.15, 0.2) is 24.3 Å². The number of hydrogen-bond donors (Lipinski definition) is 2. The molecule has 2 amide bonds. The van der Waals surface area contributed by atoms with Gasteiger partial charge in [-0.1, -0.05) is 0 Å². The summed E-state index contributed by atoms with van der Waals surface area (Å²) in [4.78, 5) is 23.0. The van der Waals surface area contributed by atoms with Crippen LogP contribution in [-0.2, 0) is 9.59 Å². The van der Waals surface area contributed by atoms with Crippen LogP contribution >= 0.6 is 0 Å². The van der Waals surface area contributed by atoms with Gasteiger partial charge in [-0.25, -0.2) is 0 Å². The van der Waals surface area contributed by atoms with Crippen LogP contribution in [0.4, 0.5) is 0 Å². The molecule has 0 aromatic heterocycles. The van der Waals surface area contributed by atoms with E-state index < -0.39 is 6.04 Å². The molecule has 0 aliphatic carbocycles. The second kappa shape index (κ2) is 7.79. The number of nitriles is 1. The topological polar surface area (TPSA) is 91.2 Å². The van der Waals surface area contributed by atoms with Gasteiger partial charge in [0, 0.05) is 6.54 Å². The van der Waals surface area contributed by atoms with Crippen molar-refractivity contribution in [2.24, 2.45) is 0 Å². The van der Waals surface area contributed by atoms with Crippen LogP contribution < -0.4 is 15.4 Å². The Morgan fingerprint density at radius 2 is 2.00 bits per heavy atom. The molecule has 0 heterocycles. The molecule has 0 aliphatic rings. The van der Waals surface area contributed by atoms with Gasteiger partial charge >= 0.3 is 0 Å². The van der Waals surface area contributed by atoms with Crippen LogP contribution in [0.2, 0.25) is 0 Å². The van der Waals surface area contributed by atoms with Gasteiger partial charge < -0.3 is 15.4 Å². The van der Waals surface area contributed by atoms with Crippen molar-refractivity contribution in [2.45, 2.75) is 19.9 Å². The first kappa shape index (κ1) is 15.5. The number of benzene rings is 1. The molecule has 0 saturated heterocycles. The molecule has 1 rings (SSSR count). The zero-order valence-corrected chi connectivity index (χ0v) is 11.5. The molecular weight excluding hydrogens is 258 g/mol. The lowest BCUT2D eigenvalue weighted by Gasteiger charge is -2.13. The fourth-order valence-corrected chi connectivity index (χ4v) is 1.45. The van der Waals surface area contributed by atoms with Crippen molar-refractivity contribution in [2.75, 3.05) is 13.2 Å². The highest BCUT2D eigenvalue weighted by Gasteiger charge is 2.14. The van der Waals surface area contributed by atoms with Crippen LogP contribution in [0, 0.1) is 11.3 Å². The molecule has 0 saturated carbocycles. The zero-order valence-electron chi connectivity index (χ0n) is 11.5. The van der Waals surface area contributed by atoms with Gasteiger partial charge in [0.15, 0.2) is 6.61 Å². The molecule has 6 heteroatoms. The van der Waals surface area contributed by atoms with Crippen LogP contribution in [0.3, 0.4) is 0 Å². The Balaban J connectivity index is 2.39. The van der Waals surface area contributed by atoms with Gasteiger partial charge in [0.25, 0.3) is 5.91 Å². The Hall–Kier alpha value is -2.55. The van der Waals surface area contributed by atoms with Gasteiger partial charge in [0.2, 0.25) is 5.91 Å². The smallest absolute Gasteiger partial charge is 0.258 e. The maximum absolute atomic E-state index is 11.6. The van der Waals surface area contributed by atoms with E-state index in [2.05, 4.69) is 10.6 Å². The van der Waals surface area contributed by atoms with Gasteiger partial charge in [-0.2, -0.15) is 5.26 Å². The summed E-state index contributed by atoms with van der Waals surface area (Å²) in [5.74, 6) is -0.128. The Labute approximate surface area is 117 Å². The summed E-state index contributed by atoms with van der Waals surface area (Å²) in [5.41, 5.74) is 0.520. The van der Waals surface area contributed by atoms with E-state index in [0.717, 1.165) is 0 Å². The van der Waals surface area contributed by atoms with E-state index in [0.29, 0.717) is 17.9 Å². The van der Waals surface area contributed by atoms with E-state index in [1.165, 1.54) is 0 Å². The Kier molecular flexibility index (Phi) is 6.04. The molecule has 0 fully saturated rings. The first-order chi connectivity index (χ1) is 9.56. The molecular formula is C14H17N3O3. The number of nitrogens with zero attached hydrogens (tertiary/aromatic N) is 1. The average Bonchev–Trinajstić information content (AvgIpc) is 2.45. The summed E-state index contributed by atoms with van der Waals surface area (Å²) in [6.45, 7) is 3.74. The molecule has 0 spiro atoms. The molecule has 1 atom stereocenters. The lowest BCUT2D eigenvalue weighted by Crippen LogP contribution is -2.46. The highest BCUT2D eigenvalue weighted by molar-refractivity contribution is 5.87. The summed E-state index contributed by atoms with van der Waals surface area (Å²) in [6, 6.07) is 7.81. The monoisotopic (exact) mass is 275 g/mol. The van der Waals surface area contributed by atoms with Gasteiger partial charge in [0.1, 0.15) is 11.8 Å². The SMILES string of the molecule is CCNC(=O)C(C)NC(=O)COc1ccc(C#N)cc1. The summed E-state index contributed by atoms with van der Waals surface area (Å²) in [6.07, 6.45) is 0. The second-order valence-electron chi connectivity index (χ2n) is 4.11. The molecule has 1 unspecified atom stereocenters. The largest absolute Gasteiger partial charge is 0.484 e. The summed E-state index contributed by atoms with van der Waals surface area (Å²) < 4.78 is 5.25. The van der Waals surface area contributed by atoms with Crippen molar-refractivity contribution in [1.29, 1.82) is 5.26 Å². The summed E-state index contributed by atoms with van der Waals surface area (Å²) in [5, 5.41) is 13.8. The fourth-order valence-electron chi connectivity index (χ4n) is 1.45. The number of carbonyl (C=O) groups excluding carboxylic acids is 2. The normalized spacial score (nSPS) is 11.1. The van der Waals surface area contributed by atoms with Crippen LogP contribution in [0.5, 0.6) is 5.75 Å². The minimum absolute atomic E-state index is 0.185. The maximum atomic E-state index is 11.6. The number of hydrogen-bond acceptors (Lipinski definition) is 4. The molecule has 0 radical (unpaired) electrons. The third-order valence-corrected chi connectivity index (χ3v) is 2.48. The van der Waals surface area contributed by atoms with E-state index >= 15 is 0 Å². The van der Waals surface area contributed by atoms with E-state index in [1.54, 1.807) is 38.1 Å². The summed E-state index contributed by atoms with van der Waals surface area (Å²) >= 11 is 0. The minimum Gasteiger partial charge on any atom is -0.484 e. The highest BCUT2D eigenvalue weighted by Crippen LogP contribution is 2.11. The van der Waals surface area contributed by atoms with E-state index in [4.69, 9.17) is 10.00 Å². The van der Waals surface area contributed by atoms with Crippen molar-refractivity contribution in [1.82, 2.24) is 10.6 Å². The predicted octanol–water partition coefficient (Wildman–Crippen LogP) is 0.578. The van der Waals surface area contributed by atoms with Crippen molar-refractivity contribution < 1.29 is 14.3 Å². The number of nitrogens with one attached hydrogen (secondary N) is 2. The number of amides is 2. The van der Waals surface area contributed by atoms with Crippen molar-refractivity contribution in [3.8, 4) is 11.8 Å². The lowest BCUT2D eigenvalue weighted by molar-refractivity contribution is -0.129. The third kappa shape index (κ3) is 4.98. The summed E-state index contributed by atoms with van der Waals surface area (Å²) in [7, 11) is 0. The van der Waals surface area contributed by atoms with Crippen molar-refractivity contribution in [3.05, 3.63) is 29.8 Å². The van der Waals surface area contributed by atoms with Crippen LogP contribution in [0.25, 0.3) is 0 Å². The Morgan fingerprint density at radius 1 is 1.35 bits per heavy atom. The van der Waals surface area contributed by atoms with Gasteiger partial charge in [0.05, 0.1) is 11.6 Å². The molecule has 106 valence electrons. The molecule has 20 heavy (non-hydrogen) atoms. The molecule has 1 aromatic rings. The number of ether oxygens (including phenoxy) is 1.